The maximum absolute atomic E-state index is 12.6. The van der Waals surface area contributed by atoms with Crippen LogP contribution in [0.2, 0.25) is 5.02 Å². The van der Waals surface area contributed by atoms with E-state index in [1.165, 1.54) is 29.1 Å². The number of thiophene rings is 1. The van der Waals surface area contributed by atoms with Gasteiger partial charge in [-0.25, -0.2) is 0 Å². The van der Waals surface area contributed by atoms with Crippen LogP contribution < -0.4 is 15.6 Å². The van der Waals surface area contributed by atoms with Gasteiger partial charge in [-0.1, -0.05) is 11.6 Å². The van der Waals surface area contributed by atoms with Crippen LogP contribution in [0.4, 0.5) is 5.69 Å². The fourth-order valence-electron chi connectivity index (χ4n) is 2.61. The van der Waals surface area contributed by atoms with Gasteiger partial charge >= 0.3 is 0 Å². The van der Waals surface area contributed by atoms with Crippen LogP contribution in [-0.2, 0) is 6.54 Å². The zero-order chi connectivity index (χ0) is 18.1. The van der Waals surface area contributed by atoms with Gasteiger partial charge in [0.25, 0.3) is 11.5 Å². The van der Waals surface area contributed by atoms with E-state index < -0.39 is 11.5 Å². The average molecular weight is 379 g/mol. The summed E-state index contributed by atoms with van der Waals surface area (Å²) in [6.07, 6.45) is 0. The standard InChI is InChI=1S/C17H15ClN2O4S/c1-3-20-11-6-7-25-15(11)14(21)13(17(20)23)16(22)19-9-4-5-12(24-2)10(18)8-9/h4-8,21H,3H2,1-2H3,(H,19,22). The molecule has 130 valence electrons. The van der Waals surface area contributed by atoms with Crippen molar-refractivity contribution in [3.05, 3.63) is 50.6 Å². The van der Waals surface area contributed by atoms with Crippen molar-refractivity contribution >= 4 is 44.7 Å². The minimum atomic E-state index is -0.693. The molecule has 0 aliphatic heterocycles. The minimum absolute atomic E-state index is 0.288. The van der Waals surface area contributed by atoms with Gasteiger partial charge in [-0.3, -0.25) is 9.59 Å². The summed E-state index contributed by atoms with van der Waals surface area (Å²) >= 11 is 7.31. The number of pyridine rings is 1. The molecule has 3 aromatic rings. The monoisotopic (exact) mass is 378 g/mol. The summed E-state index contributed by atoms with van der Waals surface area (Å²) in [6, 6.07) is 6.46. The topological polar surface area (TPSA) is 80.6 Å². The maximum Gasteiger partial charge on any atom is 0.267 e. The van der Waals surface area contributed by atoms with Crippen LogP contribution in [0.3, 0.4) is 0 Å². The van der Waals surface area contributed by atoms with Crippen LogP contribution in [0, 0.1) is 0 Å². The van der Waals surface area contributed by atoms with Crippen LogP contribution >= 0.6 is 22.9 Å². The van der Waals surface area contributed by atoms with Gasteiger partial charge in [0, 0.05) is 12.2 Å². The number of aryl methyl sites for hydroxylation is 1. The number of benzene rings is 1. The van der Waals surface area contributed by atoms with Crippen LogP contribution in [-0.4, -0.2) is 22.7 Å². The highest BCUT2D eigenvalue weighted by molar-refractivity contribution is 7.17. The van der Waals surface area contributed by atoms with Gasteiger partial charge in [-0.15, -0.1) is 11.3 Å². The highest BCUT2D eigenvalue weighted by Crippen LogP contribution is 2.32. The van der Waals surface area contributed by atoms with Gasteiger partial charge < -0.3 is 19.7 Å². The summed E-state index contributed by atoms with van der Waals surface area (Å²) in [7, 11) is 1.49. The Labute approximate surface area is 152 Å². The van der Waals surface area contributed by atoms with Crippen molar-refractivity contribution in [1.82, 2.24) is 4.57 Å². The number of anilines is 1. The molecule has 2 N–H and O–H groups in total. The number of methoxy groups -OCH3 is 1. The number of halogens is 1. The lowest BCUT2D eigenvalue weighted by Crippen LogP contribution is -2.29. The second kappa shape index (κ2) is 6.78. The Morgan fingerprint density at radius 3 is 2.80 bits per heavy atom. The number of nitrogens with zero attached hydrogens (tertiary/aromatic N) is 1. The van der Waals surface area contributed by atoms with E-state index in [1.807, 2.05) is 0 Å². The average Bonchev–Trinajstić information content (AvgIpc) is 3.05. The van der Waals surface area contributed by atoms with Gasteiger partial charge in [-0.05, 0) is 36.6 Å². The molecule has 25 heavy (non-hydrogen) atoms. The molecular formula is C17H15ClN2O4S. The SMILES string of the molecule is CCn1c(=O)c(C(=O)Nc2ccc(OC)c(Cl)c2)c(O)c2sccc21. The molecule has 3 rings (SSSR count). The van der Waals surface area contributed by atoms with Crippen molar-refractivity contribution in [3.8, 4) is 11.5 Å². The Balaban J connectivity index is 2.05. The molecule has 8 heteroatoms. The lowest BCUT2D eigenvalue weighted by Gasteiger charge is -2.12. The minimum Gasteiger partial charge on any atom is -0.505 e. The predicted octanol–water partition coefficient (Wildman–Crippen LogP) is 3.70. The number of aromatic nitrogens is 1. The first-order chi connectivity index (χ1) is 12.0. The number of ether oxygens (including phenoxy) is 1. The molecular weight excluding hydrogens is 364 g/mol. The van der Waals surface area contributed by atoms with Gasteiger partial charge in [-0.2, -0.15) is 0 Å². The van der Waals surface area contributed by atoms with Crippen LogP contribution in [0.25, 0.3) is 10.2 Å². The second-order valence-corrected chi connectivity index (χ2v) is 6.53. The summed E-state index contributed by atoms with van der Waals surface area (Å²) in [5.41, 5.74) is 0.176. The Hall–Kier alpha value is -2.51. The summed E-state index contributed by atoms with van der Waals surface area (Å²) in [4.78, 5) is 25.2. The molecule has 0 radical (unpaired) electrons. The van der Waals surface area contributed by atoms with Gasteiger partial charge in [0.1, 0.15) is 11.3 Å². The highest BCUT2D eigenvalue weighted by atomic mass is 35.5. The number of rotatable bonds is 4. The number of hydrogen-bond donors (Lipinski definition) is 2. The lowest BCUT2D eigenvalue weighted by molar-refractivity contribution is 0.102. The number of carbonyl (C=O) groups is 1. The molecule has 0 aliphatic carbocycles. The fraction of sp³-hybridized carbons (Fsp3) is 0.176. The second-order valence-electron chi connectivity index (χ2n) is 5.21. The van der Waals surface area contributed by atoms with E-state index in [0.29, 0.717) is 33.2 Å². The molecule has 0 atom stereocenters. The maximum atomic E-state index is 12.6. The molecule has 6 nitrogen and oxygen atoms in total. The van der Waals surface area contributed by atoms with Gasteiger partial charge in [0.15, 0.2) is 5.75 Å². The molecule has 1 aromatic carbocycles. The molecule has 0 bridgehead atoms. The Morgan fingerprint density at radius 1 is 1.40 bits per heavy atom. The van der Waals surface area contributed by atoms with Crippen molar-refractivity contribution in [2.24, 2.45) is 0 Å². The third kappa shape index (κ3) is 2.96. The van der Waals surface area contributed by atoms with Crippen molar-refractivity contribution in [3.63, 3.8) is 0 Å². The predicted molar refractivity (Wildman–Crippen MR) is 99.4 cm³/mol. The van der Waals surface area contributed by atoms with Crippen LogP contribution in [0.15, 0.2) is 34.4 Å². The van der Waals surface area contributed by atoms with E-state index in [1.54, 1.807) is 30.5 Å². The van der Waals surface area contributed by atoms with Gasteiger partial charge in [0.05, 0.1) is 22.3 Å². The summed E-state index contributed by atoms with van der Waals surface area (Å²) in [5, 5.41) is 15.1. The number of amides is 1. The van der Waals surface area contributed by atoms with Crippen molar-refractivity contribution in [2.75, 3.05) is 12.4 Å². The molecule has 0 saturated heterocycles. The lowest BCUT2D eigenvalue weighted by atomic mass is 10.2. The third-order valence-corrected chi connectivity index (χ3v) is 5.00. The molecule has 0 saturated carbocycles. The zero-order valence-electron chi connectivity index (χ0n) is 13.5. The number of nitrogens with one attached hydrogen (secondary N) is 1. The fourth-order valence-corrected chi connectivity index (χ4v) is 3.71. The molecule has 0 unspecified atom stereocenters. The Morgan fingerprint density at radius 2 is 2.16 bits per heavy atom. The third-order valence-electron chi connectivity index (χ3n) is 3.80. The van der Waals surface area contributed by atoms with Gasteiger partial charge in [0.2, 0.25) is 0 Å². The summed E-state index contributed by atoms with van der Waals surface area (Å²) < 4.78 is 7.02. The van der Waals surface area contributed by atoms with E-state index in [0.717, 1.165) is 0 Å². The quantitative estimate of drug-likeness (QED) is 0.725. The Bertz CT molecular complexity index is 1030. The first kappa shape index (κ1) is 17.3. The van der Waals surface area contributed by atoms with E-state index in [2.05, 4.69) is 5.32 Å². The number of hydrogen-bond acceptors (Lipinski definition) is 5. The first-order valence-corrected chi connectivity index (χ1v) is 8.71. The molecule has 0 fully saturated rings. The van der Waals surface area contributed by atoms with Crippen LogP contribution in [0.5, 0.6) is 11.5 Å². The van der Waals surface area contributed by atoms with Crippen molar-refractivity contribution in [1.29, 1.82) is 0 Å². The smallest absolute Gasteiger partial charge is 0.267 e. The van der Waals surface area contributed by atoms with Crippen LogP contribution in [0.1, 0.15) is 17.3 Å². The number of carbonyl (C=O) groups excluding carboxylic acids is 1. The summed E-state index contributed by atoms with van der Waals surface area (Å²) in [6.45, 7) is 2.20. The van der Waals surface area contributed by atoms with E-state index >= 15 is 0 Å². The molecule has 0 spiro atoms. The normalized spacial score (nSPS) is 10.8. The molecule has 0 aliphatic rings. The first-order valence-electron chi connectivity index (χ1n) is 7.45. The largest absolute Gasteiger partial charge is 0.505 e. The molecule has 2 aromatic heterocycles. The van der Waals surface area contributed by atoms with E-state index in [9.17, 15) is 14.7 Å². The van der Waals surface area contributed by atoms with Crippen molar-refractivity contribution < 1.29 is 14.6 Å². The Kier molecular flexibility index (Phi) is 4.69. The van der Waals surface area contributed by atoms with Crippen molar-refractivity contribution in [2.45, 2.75) is 13.5 Å². The summed E-state index contributed by atoms with van der Waals surface area (Å²) in [5.74, 6) is -0.533. The van der Waals surface area contributed by atoms with E-state index in [-0.39, 0.29) is 11.3 Å². The molecule has 2 heterocycles. The highest BCUT2D eigenvalue weighted by Gasteiger charge is 2.22. The number of aromatic hydroxyl groups is 1. The van der Waals surface area contributed by atoms with E-state index in [4.69, 9.17) is 16.3 Å². The zero-order valence-corrected chi connectivity index (χ0v) is 15.1. The number of fused-ring (bicyclic) bond motifs is 1. The molecule has 1 amide bonds.